The summed E-state index contributed by atoms with van der Waals surface area (Å²) in [5, 5.41) is 9.06. The molecule has 0 saturated carbocycles. The summed E-state index contributed by atoms with van der Waals surface area (Å²) in [6.45, 7) is 7.71. The summed E-state index contributed by atoms with van der Waals surface area (Å²) in [6.07, 6.45) is 4.19. The zero-order chi connectivity index (χ0) is 13.6. The summed E-state index contributed by atoms with van der Waals surface area (Å²) < 4.78 is 5.22. The largest absolute Gasteiger partial charge is 0.481 e. The molecule has 4 nitrogen and oxygen atoms in total. The fraction of sp³-hybridized carbons (Fsp3) is 0.929. The van der Waals surface area contributed by atoms with Crippen LogP contribution in [0.25, 0.3) is 0 Å². The van der Waals surface area contributed by atoms with Crippen LogP contribution >= 0.6 is 0 Å². The molecule has 1 aliphatic heterocycles. The van der Waals surface area contributed by atoms with Crippen LogP contribution < -0.4 is 0 Å². The molecule has 18 heavy (non-hydrogen) atoms. The minimum Gasteiger partial charge on any atom is -0.481 e. The maximum atomic E-state index is 11.0. The minimum absolute atomic E-state index is 0.596. The van der Waals surface area contributed by atoms with E-state index in [1.54, 1.807) is 21.0 Å². The summed E-state index contributed by atoms with van der Waals surface area (Å²) in [7, 11) is 1.76. The van der Waals surface area contributed by atoms with Crippen LogP contribution in [-0.4, -0.2) is 49.3 Å². The van der Waals surface area contributed by atoms with Gasteiger partial charge in [0.1, 0.15) is 0 Å². The van der Waals surface area contributed by atoms with E-state index in [0.29, 0.717) is 5.92 Å². The molecular formula is C14H27NO3. The number of carboxylic acid groups (broad SMARTS) is 1. The highest BCUT2D eigenvalue weighted by atomic mass is 16.5. The monoisotopic (exact) mass is 257 g/mol. The van der Waals surface area contributed by atoms with Gasteiger partial charge < -0.3 is 14.7 Å². The first-order valence-electron chi connectivity index (χ1n) is 6.90. The predicted octanol–water partition coefficient (Wildman–Crippen LogP) is 2.24. The standard InChI is InChI=1S/C14H27NO3/c1-14(2,13(16)17)7-5-9-15-8-4-6-12(10-15)11-18-3/h12H,4-11H2,1-3H3,(H,16,17). The van der Waals surface area contributed by atoms with E-state index in [9.17, 15) is 4.79 Å². The highest BCUT2D eigenvalue weighted by Gasteiger charge is 2.27. The van der Waals surface area contributed by atoms with Gasteiger partial charge in [0.15, 0.2) is 0 Å². The molecule has 1 atom stereocenters. The quantitative estimate of drug-likeness (QED) is 0.760. The second-order valence-corrected chi connectivity index (χ2v) is 6.06. The number of piperidine rings is 1. The number of carbonyl (C=O) groups is 1. The van der Waals surface area contributed by atoms with Gasteiger partial charge in [0.05, 0.1) is 12.0 Å². The molecule has 0 aromatic heterocycles. The normalized spacial score (nSPS) is 22.1. The highest BCUT2D eigenvalue weighted by Crippen LogP contribution is 2.23. The van der Waals surface area contributed by atoms with Crippen LogP contribution in [-0.2, 0) is 9.53 Å². The Hall–Kier alpha value is -0.610. The zero-order valence-corrected chi connectivity index (χ0v) is 11.9. The van der Waals surface area contributed by atoms with Crippen molar-refractivity contribution in [3.8, 4) is 0 Å². The van der Waals surface area contributed by atoms with E-state index in [2.05, 4.69) is 4.90 Å². The van der Waals surface area contributed by atoms with Crippen molar-refractivity contribution < 1.29 is 14.6 Å². The maximum Gasteiger partial charge on any atom is 0.309 e. The van der Waals surface area contributed by atoms with Crippen molar-refractivity contribution in [2.75, 3.05) is 33.4 Å². The fourth-order valence-corrected chi connectivity index (χ4v) is 2.58. The van der Waals surface area contributed by atoms with Gasteiger partial charge in [-0.15, -0.1) is 0 Å². The Morgan fingerprint density at radius 2 is 2.22 bits per heavy atom. The van der Waals surface area contributed by atoms with Crippen LogP contribution in [0.5, 0.6) is 0 Å². The number of rotatable bonds is 7. The lowest BCUT2D eigenvalue weighted by Gasteiger charge is -2.33. The average Bonchev–Trinajstić information content (AvgIpc) is 2.29. The molecular weight excluding hydrogens is 230 g/mol. The predicted molar refractivity (Wildman–Crippen MR) is 71.7 cm³/mol. The van der Waals surface area contributed by atoms with Crippen LogP contribution in [0.3, 0.4) is 0 Å². The topological polar surface area (TPSA) is 49.8 Å². The van der Waals surface area contributed by atoms with Gasteiger partial charge in [-0.05, 0) is 58.5 Å². The molecule has 1 heterocycles. The second kappa shape index (κ2) is 7.10. The Labute approximate surface area is 110 Å². The first-order valence-corrected chi connectivity index (χ1v) is 6.90. The van der Waals surface area contributed by atoms with Crippen molar-refractivity contribution in [2.45, 2.75) is 39.5 Å². The lowest BCUT2D eigenvalue weighted by atomic mass is 9.88. The molecule has 1 aliphatic rings. The summed E-state index contributed by atoms with van der Waals surface area (Å²) in [6, 6.07) is 0. The number of methoxy groups -OCH3 is 1. The molecule has 1 fully saturated rings. The molecule has 0 spiro atoms. The Morgan fingerprint density at radius 1 is 1.50 bits per heavy atom. The molecule has 106 valence electrons. The van der Waals surface area contributed by atoms with Gasteiger partial charge in [0, 0.05) is 13.7 Å². The van der Waals surface area contributed by atoms with Gasteiger partial charge in [-0.25, -0.2) is 0 Å². The van der Waals surface area contributed by atoms with Crippen LogP contribution in [0.4, 0.5) is 0 Å². The van der Waals surface area contributed by atoms with E-state index in [0.717, 1.165) is 39.1 Å². The van der Waals surface area contributed by atoms with Crippen molar-refractivity contribution in [3.63, 3.8) is 0 Å². The summed E-state index contributed by atoms with van der Waals surface area (Å²) >= 11 is 0. The first kappa shape index (κ1) is 15.4. The average molecular weight is 257 g/mol. The number of aliphatic carboxylic acids is 1. The van der Waals surface area contributed by atoms with E-state index >= 15 is 0 Å². The molecule has 0 aromatic rings. The third-order valence-corrected chi connectivity index (χ3v) is 3.86. The summed E-state index contributed by atoms with van der Waals surface area (Å²) in [5.41, 5.74) is -0.596. The third-order valence-electron chi connectivity index (χ3n) is 3.86. The Balaban J connectivity index is 2.25. The molecule has 0 radical (unpaired) electrons. The van der Waals surface area contributed by atoms with Gasteiger partial charge in [-0.2, -0.15) is 0 Å². The van der Waals surface area contributed by atoms with Crippen molar-refractivity contribution in [1.29, 1.82) is 0 Å². The molecule has 1 saturated heterocycles. The number of hydrogen-bond acceptors (Lipinski definition) is 3. The SMILES string of the molecule is COCC1CCCN(CCCC(C)(C)C(=O)O)C1. The number of ether oxygens (including phenoxy) is 1. The minimum atomic E-state index is -0.696. The van der Waals surface area contributed by atoms with Gasteiger partial charge >= 0.3 is 5.97 Å². The van der Waals surface area contributed by atoms with Gasteiger partial charge in [0.2, 0.25) is 0 Å². The van der Waals surface area contributed by atoms with Gasteiger partial charge in [0.25, 0.3) is 0 Å². The Morgan fingerprint density at radius 3 is 2.83 bits per heavy atom. The van der Waals surface area contributed by atoms with Crippen molar-refractivity contribution >= 4 is 5.97 Å². The summed E-state index contributed by atoms with van der Waals surface area (Å²) in [5.74, 6) is -0.0466. The lowest BCUT2D eigenvalue weighted by Crippen LogP contribution is -2.38. The number of nitrogens with zero attached hydrogens (tertiary/aromatic N) is 1. The molecule has 1 unspecified atom stereocenters. The van der Waals surface area contributed by atoms with E-state index in [1.165, 1.54) is 12.8 Å². The molecule has 1 N–H and O–H groups in total. The Bertz CT molecular complexity index is 264. The van der Waals surface area contributed by atoms with Crippen molar-refractivity contribution in [1.82, 2.24) is 4.90 Å². The van der Waals surface area contributed by atoms with E-state index in [-0.39, 0.29) is 0 Å². The first-order chi connectivity index (χ1) is 8.45. The van der Waals surface area contributed by atoms with E-state index in [1.807, 2.05) is 0 Å². The van der Waals surface area contributed by atoms with Crippen LogP contribution in [0.15, 0.2) is 0 Å². The molecule has 0 aromatic carbocycles. The number of likely N-dealkylation sites (tertiary alicyclic amines) is 1. The van der Waals surface area contributed by atoms with Gasteiger partial charge in [-0.3, -0.25) is 4.79 Å². The molecule has 4 heteroatoms. The number of carboxylic acids is 1. The van der Waals surface area contributed by atoms with Crippen LogP contribution in [0.1, 0.15) is 39.5 Å². The molecule has 0 bridgehead atoms. The summed E-state index contributed by atoms with van der Waals surface area (Å²) in [4.78, 5) is 13.5. The Kier molecular flexibility index (Phi) is 6.09. The van der Waals surface area contributed by atoms with Gasteiger partial charge in [-0.1, -0.05) is 0 Å². The maximum absolute atomic E-state index is 11.0. The smallest absolute Gasteiger partial charge is 0.309 e. The van der Waals surface area contributed by atoms with E-state index in [4.69, 9.17) is 9.84 Å². The molecule has 1 rings (SSSR count). The van der Waals surface area contributed by atoms with Crippen LogP contribution in [0.2, 0.25) is 0 Å². The second-order valence-electron chi connectivity index (χ2n) is 6.06. The fourth-order valence-electron chi connectivity index (χ4n) is 2.58. The lowest BCUT2D eigenvalue weighted by molar-refractivity contribution is -0.147. The van der Waals surface area contributed by atoms with Crippen LogP contribution in [0, 0.1) is 11.3 Å². The van der Waals surface area contributed by atoms with Crippen molar-refractivity contribution in [3.05, 3.63) is 0 Å². The molecule has 0 aliphatic carbocycles. The zero-order valence-electron chi connectivity index (χ0n) is 11.9. The highest BCUT2D eigenvalue weighted by molar-refractivity contribution is 5.73. The molecule has 0 amide bonds. The van der Waals surface area contributed by atoms with Crippen molar-refractivity contribution in [2.24, 2.45) is 11.3 Å². The third kappa shape index (κ3) is 4.94. The van der Waals surface area contributed by atoms with E-state index < -0.39 is 11.4 Å². The number of hydrogen-bond donors (Lipinski definition) is 1.